The fraction of sp³-hybridized carbons (Fsp3) is 0.500. The summed E-state index contributed by atoms with van der Waals surface area (Å²) in [5.41, 5.74) is -0.258. The van der Waals surface area contributed by atoms with E-state index in [0.717, 1.165) is 0 Å². The molecular weight excluding hydrogens is 233 g/mol. The first kappa shape index (κ1) is 14.6. The quantitative estimate of drug-likeness (QED) is 0.792. The maximum atomic E-state index is 13.9. The number of esters is 1. The molecule has 4 heteroatoms. The van der Waals surface area contributed by atoms with E-state index in [2.05, 4.69) is 5.32 Å². The standard InChI is InChI=1S/C14H20FNO2/c1-4-16-14(3,10-13(17)18-5-2)11-8-6-7-9-12(11)15/h6-9,16H,4-5,10H2,1-3H3. The van der Waals surface area contributed by atoms with E-state index in [1.54, 1.807) is 25.1 Å². The second-order valence-corrected chi connectivity index (χ2v) is 4.32. The Balaban J connectivity index is 2.99. The number of rotatable bonds is 6. The fourth-order valence-corrected chi connectivity index (χ4v) is 2.05. The van der Waals surface area contributed by atoms with Gasteiger partial charge in [0.1, 0.15) is 5.82 Å². The summed E-state index contributed by atoms with van der Waals surface area (Å²) in [5.74, 6) is -0.644. The Kier molecular flexibility index (Phi) is 5.28. The highest BCUT2D eigenvalue weighted by Gasteiger charge is 2.31. The first-order valence-corrected chi connectivity index (χ1v) is 6.19. The molecule has 1 aromatic rings. The van der Waals surface area contributed by atoms with Gasteiger partial charge >= 0.3 is 5.97 Å². The summed E-state index contributed by atoms with van der Waals surface area (Å²) in [7, 11) is 0. The molecule has 0 bridgehead atoms. The van der Waals surface area contributed by atoms with Gasteiger partial charge in [0.05, 0.1) is 18.6 Å². The van der Waals surface area contributed by atoms with Gasteiger partial charge < -0.3 is 10.1 Å². The maximum Gasteiger partial charge on any atom is 0.307 e. The predicted octanol–water partition coefficient (Wildman–Crippen LogP) is 2.60. The number of halogens is 1. The van der Waals surface area contributed by atoms with Gasteiger partial charge in [-0.05, 0) is 26.5 Å². The Morgan fingerprint density at radius 2 is 2.06 bits per heavy atom. The molecule has 18 heavy (non-hydrogen) atoms. The predicted molar refractivity (Wildman–Crippen MR) is 68.7 cm³/mol. The van der Waals surface area contributed by atoms with Crippen molar-refractivity contribution in [1.29, 1.82) is 0 Å². The average molecular weight is 253 g/mol. The molecule has 0 aliphatic carbocycles. The van der Waals surface area contributed by atoms with Gasteiger partial charge in [-0.3, -0.25) is 4.79 Å². The highest BCUT2D eigenvalue weighted by Crippen LogP contribution is 2.27. The summed E-state index contributed by atoms with van der Waals surface area (Å²) in [4.78, 5) is 11.6. The van der Waals surface area contributed by atoms with Gasteiger partial charge in [0.2, 0.25) is 0 Å². The van der Waals surface area contributed by atoms with Crippen LogP contribution in [0.15, 0.2) is 24.3 Å². The molecule has 0 amide bonds. The summed E-state index contributed by atoms with van der Waals surface area (Å²) in [6.07, 6.45) is 0.107. The Morgan fingerprint density at radius 1 is 1.39 bits per heavy atom. The van der Waals surface area contributed by atoms with Gasteiger partial charge in [-0.2, -0.15) is 0 Å². The van der Waals surface area contributed by atoms with Gasteiger partial charge in [0, 0.05) is 5.56 Å². The average Bonchev–Trinajstić information content (AvgIpc) is 2.29. The lowest BCUT2D eigenvalue weighted by Gasteiger charge is -2.30. The lowest BCUT2D eigenvalue weighted by atomic mass is 9.88. The highest BCUT2D eigenvalue weighted by atomic mass is 19.1. The van der Waals surface area contributed by atoms with Crippen molar-refractivity contribution in [3.8, 4) is 0 Å². The molecule has 0 spiro atoms. The lowest BCUT2D eigenvalue weighted by Crippen LogP contribution is -2.42. The monoisotopic (exact) mass is 253 g/mol. The van der Waals surface area contributed by atoms with Crippen molar-refractivity contribution in [2.24, 2.45) is 0 Å². The molecule has 100 valence electrons. The molecule has 3 nitrogen and oxygen atoms in total. The molecule has 1 aromatic carbocycles. The van der Waals surface area contributed by atoms with Crippen LogP contribution < -0.4 is 5.32 Å². The van der Waals surface area contributed by atoms with E-state index in [1.807, 2.05) is 13.8 Å². The number of benzene rings is 1. The summed E-state index contributed by atoms with van der Waals surface area (Å²) in [5, 5.41) is 3.16. The summed E-state index contributed by atoms with van der Waals surface area (Å²) >= 11 is 0. The van der Waals surface area contributed by atoms with Crippen LogP contribution in [-0.4, -0.2) is 19.1 Å². The number of carbonyl (C=O) groups excluding carboxylic acids is 1. The Hall–Kier alpha value is -1.42. The molecule has 0 aliphatic rings. The van der Waals surface area contributed by atoms with Gasteiger partial charge in [-0.1, -0.05) is 25.1 Å². The minimum absolute atomic E-state index is 0.107. The van der Waals surface area contributed by atoms with Crippen molar-refractivity contribution in [1.82, 2.24) is 5.32 Å². The molecule has 0 aliphatic heterocycles. The molecule has 1 unspecified atom stereocenters. The molecular formula is C14H20FNO2. The van der Waals surface area contributed by atoms with E-state index in [-0.39, 0.29) is 18.2 Å². The number of ether oxygens (including phenoxy) is 1. The minimum Gasteiger partial charge on any atom is -0.466 e. The summed E-state index contributed by atoms with van der Waals surface area (Å²) in [6, 6.07) is 6.49. The zero-order chi connectivity index (χ0) is 13.6. The van der Waals surface area contributed by atoms with Crippen LogP contribution in [0.2, 0.25) is 0 Å². The first-order valence-electron chi connectivity index (χ1n) is 6.19. The van der Waals surface area contributed by atoms with Crippen molar-refractivity contribution in [3.63, 3.8) is 0 Å². The molecule has 1 N–H and O–H groups in total. The van der Waals surface area contributed by atoms with E-state index in [4.69, 9.17) is 4.74 Å². The van der Waals surface area contributed by atoms with Crippen molar-refractivity contribution in [2.45, 2.75) is 32.7 Å². The molecule has 0 saturated heterocycles. The fourth-order valence-electron chi connectivity index (χ4n) is 2.05. The van der Waals surface area contributed by atoms with Crippen LogP contribution in [0.25, 0.3) is 0 Å². The van der Waals surface area contributed by atoms with Crippen molar-refractivity contribution in [2.75, 3.05) is 13.2 Å². The van der Waals surface area contributed by atoms with Crippen LogP contribution in [0.4, 0.5) is 4.39 Å². The lowest BCUT2D eigenvalue weighted by molar-refractivity contribution is -0.144. The second-order valence-electron chi connectivity index (χ2n) is 4.32. The van der Waals surface area contributed by atoms with Crippen LogP contribution >= 0.6 is 0 Å². The van der Waals surface area contributed by atoms with Crippen molar-refractivity contribution < 1.29 is 13.9 Å². The van der Waals surface area contributed by atoms with Crippen molar-refractivity contribution >= 4 is 5.97 Å². The van der Waals surface area contributed by atoms with Crippen LogP contribution in [0, 0.1) is 5.82 Å². The first-order chi connectivity index (χ1) is 8.53. The second kappa shape index (κ2) is 6.50. The van der Waals surface area contributed by atoms with Crippen LogP contribution in [-0.2, 0) is 15.1 Å². The third-order valence-corrected chi connectivity index (χ3v) is 2.84. The highest BCUT2D eigenvalue weighted by molar-refractivity contribution is 5.71. The molecule has 0 heterocycles. The Labute approximate surface area is 107 Å². The smallest absolute Gasteiger partial charge is 0.307 e. The SMILES string of the molecule is CCNC(C)(CC(=O)OCC)c1ccccc1F. The third kappa shape index (κ3) is 3.53. The van der Waals surface area contributed by atoms with Gasteiger partial charge in [0.25, 0.3) is 0 Å². The minimum atomic E-state index is -0.744. The normalized spacial score (nSPS) is 14.0. The van der Waals surface area contributed by atoms with Gasteiger partial charge in [-0.25, -0.2) is 4.39 Å². The Morgan fingerprint density at radius 3 is 2.61 bits per heavy atom. The van der Waals surface area contributed by atoms with E-state index in [9.17, 15) is 9.18 Å². The van der Waals surface area contributed by atoms with Crippen molar-refractivity contribution in [3.05, 3.63) is 35.6 Å². The van der Waals surface area contributed by atoms with Crippen LogP contribution in [0.3, 0.4) is 0 Å². The maximum absolute atomic E-state index is 13.9. The molecule has 0 aromatic heterocycles. The summed E-state index contributed by atoms with van der Waals surface area (Å²) in [6.45, 7) is 6.46. The zero-order valence-corrected chi connectivity index (χ0v) is 11.1. The molecule has 0 saturated carbocycles. The molecule has 0 fully saturated rings. The van der Waals surface area contributed by atoms with Crippen LogP contribution in [0.5, 0.6) is 0 Å². The van der Waals surface area contributed by atoms with Gasteiger partial charge in [-0.15, -0.1) is 0 Å². The van der Waals surface area contributed by atoms with Gasteiger partial charge in [0.15, 0.2) is 0 Å². The molecule has 1 rings (SSSR count). The van der Waals surface area contributed by atoms with E-state index in [1.165, 1.54) is 6.07 Å². The molecule has 0 radical (unpaired) electrons. The number of carbonyl (C=O) groups is 1. The number of hydrogen-bond donors (Lipinski definition) is 1. The summed E-state index contributed by atoms with van der Waals surface area (Å²) < 4.78 is 18.8. The van der Waals surface area contributed by atoms with E-state index < -0.39 is 5.54 Å². The van der Waals surface area contributed by atoms with Crippen LogP contribution in [0.1, 0.15) is 32.8 Å². The third-order valence-electron chi connectivity index (χ3n) is 2.84. The number of hydrogen-bond acceptors (Lipinski definition) is 3. The number of nitrogens with one attached hydrogen (secondary N) is 1. The van der Waals surface area contributed by atoms with E-state index in [0.29, 0.717) is 18.7 Å². The molecule has 1 atom stereocenters. The largest absolute Gasteiger partial charge is 0.466 e. The van der Waals surface area contributed by atoms with E-state index >= 15 is 0 Å². The topological polar surface area (TPSA) is 38.3 Å². The Bertz CT molecular complexity index is 409. The zero-order valence-electron chi connectivity index (χ0n) is 11.1.